The average molecular weight is 250 g/mol. The Morgan fingerprint density at radius 3 is 2.94 bits per heavy atom. The summed E-state index contributed by atoms with van der Waals surface area (Å²) in [6.07, 6.45) is 1.24. The number of nitrogens with zero attached hydrogens (tertiary/aromatic N) is 1. The molecule has 0 radical (unpaired) electrons. The molecule has 0 spiro atoms. The molecule has 0 bridgehead atoms. The van der Waals surface area contributed by atoms with E-state index in [1.54, 1.807) is 0 Å². The molecule has 2 N–H and O–H groups in total. The van der Waals surface area contributed by atoms with Crippen LogP contribution >= 0.6 is 0 Å². The van der Waals surface area contributed by atoms with E-state index in [0.717, 1.165) is 45.0 Å². The first-order valence-electron chi connectivity index (χ1n) is 6.60. The third-order valence-corrected chi connectivity index (χ3v) is 3.12. The molecule has 100 valence electrons. The molecule has 1 aliphatic heterocycles. The molecule has 1 fully saturated rings. The number of para-hydroxylation sites is 1. The summed E-state index contributed by atoms with van der Waals surface area (Å²) < 4.78 is 11.2. The lowest BCUT2D eigenvalue weighted by molar-refractivity contribution is -0.0241. The quantitative estimate of drug-likeness (QED) is 0.769. The summed E-state index contributed by atoms with van der Waals surface area (Å²) in [5.74, 6) is 0.944. The zero-order valence-corrected chi connectivity index (χ0v) is 10.8. The molecule has 1 aromatic rings. The fourth-order valence-corrected chi connectivity index (χ4v) is 2.12. The van der Waals surface area contributed by atoms with Gasteiger partial charge in [0.15, 0.2) is 0 Å². The lowest BCUT2D eigenvalue weighted by Gasteiger charge is -2.32. The first kappa shape index (κ1) is 13.3. The van der Waals surface area contributed by atoms with Gasteiger partial charge in [-0.15, -0.1) is 0 Å². The monoisotopic (exact) mass is 250 g/mol. The largest absolute Gasteiger partial charge is 0.494 e. The van der Waals surface area contributed by atoms with Crippen molar-refractivity contribution in [3.8, 4) is 5.75 Å². The van der Waals surface area contributed by atoms with Crippen LogP contribution in [0, 0.1) is 0 Å². The first-order chi connectivity index (χ1) is 8.88. The molecule has 1 atom stereocenters. The third-order valence-electron chi connectivity index (χ3n) is 3.12. The average Bonchev–Trinajstić information content (AvgIpc) is 2.45. The van der Waals surface area contributed by atoms with Crippen LogP contribution in [0.4, 0.5) is 0 Å². The standard InChI is InChI=1S/C14H22N2O2/c15-11-14-12-16(8-10-18-14)7-4-9-17-13-5-2-1-3-6-13/h1-3,5-6,14H,4,7-12,15H2. The molecule has 1 heterocycles. The van der Waals surface area contributed by atoms with Gasteiger partial charge in [-0.05, 0) is 18.6 Å². The molecule has 1 aliphatic rings. The Labute approximate surface area is 109 Å². The van der Waals surface area contributed by atoms with Crippen LogP contribution in [0.3, 0.4) is 0 Å². The zero-order chi connectivity index (χ0) is 12.6. The maximum absolute atomic E-state index is 5.67. The number of hydrogen-bond acceptors (Lipinski definition) is 4. The van der Waals surface area contributed by atoms with Gasteiger partial charge < -0.3 is 15.2 Å². The van der Waals surface area contributed by atoms with E-state index in [1.807, 2.05) is 30.3 Å². The summed E-state index contributed by atoms with van der Waals surface area (Å²) in [6, 6.07) is 9.94. The van der Waals surface area contributed by atoms with Crippen LogP contribution in [-0.2, 0) is 4.74 Å². The molecule has 1 saturated heterocycles. The van der Waals surface area contributed by atoms with E-state index >= 15 is 0 Å². The second-order valence-electron chi connectivity index (χ2n) is 4.54. The Hall–Kier alpha value is -1.10. The van der Waals surface area contributed by atoms with E-state index < -0.39 is 0 Å². The minimum Gasteiger partial charge on any atom is -0.494 e. The molecule has 0 aliphatic carbocycles. The summed E-state index contributed by atoms with van der Waals surface area (Å²) in [5.41, 5.74) is 5.62. The summed E-state index contributed by atoms with van der Waals surface area (Å²) in [5, 5.41) is 0. The van der Waals surface area contributed by atoms with Crippen LogP contribution in [-0.4, -0.2) is 50.4 Å². The Balaban J connectivity index is 1.60. The number of ether oxygens (including phenoxy) is 2. The topological polar surface area (TPSA) is 47.7 Å². The molecule has 4 nitrogen and oxygen atoms in total. The minimum atomic E-state index is 0.203. The van der Waals surface area contributed by atoms with Gasteiger partial charge in [0.05, 0.1) is 19.3 Å². The number of benzene rings is 1. The molecular weight excluding hydrogens is 228 g/mol. The Bertz CT molecular complexity index is 332. The van der Waals surface area contributed by atoms with Gasteiger partial charge in [0.2, 0.25) is 0 Å². The summed E-state index contributed by atoms with van der Waals surface area (Å²) in [6.45, 7) is 5.16. The van der Waals surface area contributed by atoms with Gasteiger partial charge in [-0.2, -0.15) is 0 Å². The molecule has 0 amide bonds. The lowest BCUT2D eigenvalue weighted by atomic mass is 10.2. The normalized spacial score (nSPS) is 20.8. The van der Waals surface area contributed by atoms with Crippen molar-refractivity contribution in [3.63, 3.8) is 0 Å². The van der Waals surface area contributed by atoms with Gasteiger partial charge in [-0.3, -0.25) is 4.90 Å². The molecule has 18 heavy (non-hydrogen) atoms. The highest BCUT2D eigenvalue weighted by molar-refractivity contribution is 5.20. The highest BCUT2D eigenvalue weighted by atomic mass is 16.5. The van der Waals surface area contributed by atoms with Crippen molar-refractivity contribution in [2.75, 3.05) is 39.4 Å². The summed E-state index contributed by atoms with van der Waals surface area (Å²) in [4.78, 5) is 2.40. The van der Waals surface area contributed by atoms with Crippen LogP contribution in [0.5, 0.6) is 5.75 Å². The van der Waals surface area contributed by atoms with Crippen LogP contribution in [0.15, 0.2) is 30.3 Å². The van der Waals surface area contributed by atoms with Crippen LogP contribution in [0.1, 0.15) is 6.42 Å². The van der Waals surface area contributed by atoms with Gasteiger partial charge in [-0.25, -0.2) is 0 Å². The second kappa shape index (κ2) is 7.36. The van der Waals surface area contributed by atoms with Crippen LogP contribution in [0.2, 0.25) is 0 Å². The number of morpholine rings is 1. The van der Waals surface area contributed by atoms with E-state index in [2.05, 4.69) is 4.90 Å². The van der Waals surface area contributed by atoms with Gasteiger partial charge in [0.25, 0.3) is 0 Å². The van der Waals surface area contributed by atoms with Gasteiger partial charge in [-0.1, -0.05) is 18.2 Å². The summed E-state index contributed by atoms with van der Waals surface area (Å²) in [7, 11) is 0. The molecule has 4 heteroatoms. The molecule has 1 unspecified atom stereocenters. The second-order valence-corrected chi connectivity index (χ2v) is 4.54. The van der Waals surface area contributed by atoms with Crippen molar-refractivity contribution in [1.82, 2.24) is 4.90 Å². The fourth-order valence-electron chi connectivity index (χ4n) is 2.12. The number of hydrogen-bond donors (Lipinski definition) is 1. The first-order valence-corrected chi connectivity index (χ1v) is 6.60. The fraction of sp³-hybridized carbons (Fsp3) is 0.571. The highest BCUT2D eigenvalue weighted by Crippen LogP contribution is 2.09. The zero-order valence-electron chi connectivity index (χ0n) is 10.8. The van der Waals surface area contributed by atoms with Crippen molar-refractivity contribution < 1.29 is 9.47 Å². The maximum Gasteiger partial charge on any atom is 0.119 e. The Morgan fingerprint density at radius 1 is 1.33 bits per heavy atom. The number of rotatable bonds is 6. The Kier molecular flexibility index (Phi) is 5.45. The molecular formula is C14H22N2O2. The van der Waals surface area contributed by atoms with Crippen LogP contribution < -0.4 is 10.5 Å². The van der Waals surface area contributed by atoms with E-state index in [9.17, 15) is 0 Å². The van der Waals surface area contributed by atoms with Crippen LogP contribution in [0.25, 0.3) is 0 Å². The van der Waals surface area contributed by atoms with Gasteiger partial charge >= 0.3 is 0 Å². The molecule has 1 aromatic carbocycles. The molecule has 0 saturated carbocycles. The van der Waals surface area contributed by atoms with E-state index in [0.29, 0.717) is 6.54 Å². The van der Waals surface area contributed by atoms with Crippen molar-refractivity contribution in [2.24, 2.45) is 5.73 Å². The predicted octanol–water partition coefficient (Wildman–Crippen LogP) is 1.11. The van der Waals surface area contributed by atoms with Crippen molar-refractivity contribution >= 4 is 0 Å². The summed E-state index contributed by atoms with van der Waals surface area (Å²) >= 11 is 0. The SMILES string of the molecule is NCC1CN(CCCOc2ccccc2)CCO1. The maximum atomic E-state index is 5.67. The van der Waals surface area contributed by atoms with Gasteiger partial charge in [0, 0.05) is 26.2 Å². The van der Waals surface area contributed by atoms with Gasteiger partial charge in [0.1, 0.15) is 5.75 Å². The van der Waals surface area contributed by atoms with E-state index in [-0.39, 0.29) is 6.10 Å². The Morgan fingerprint density at radius 2 is 2.17 bits per heavy atom. The lowest BCUT2D eigenvalue weighted by Crippen LogP contribution is -2.46. The smallest absolute Gasteiger partial charge is 0.119 e. The molecule has 0 aromatic heterocycles. The predicted molar refractivity (Wildman–Crippen MR) is 71.8 cm³/mol. The van der Waals surface area contributed by atoms with E-state index in [1.165, 1.54) is 0 Å². The highest BCUT2D eigenvalue weighted by Gasteiger charge is 2.18. The van der Waals surface area contributed by atoms with E-state index in [4.69, 9.17) is 15.2 Å². The minimum absolute atomic E-state index is 0.203. The number of nitrogens with two attached hydrogens (primary N) is 1. The third kappa shape index (κ3) is 4.29. The molecule has 2 rings (SSSR count). The van der Waals surface area contributed by atoms with Crippen molar-refractivity contribution in [2.45, 2.75) is 12.5 Å². The van der Waals surface area contributed by atoms with Crippen molar-refractivity contribution in [1.29, 1.82) is 0 Å². The van der Waals surface area contributed by atoms with Crippen molar-refractivity contribution in [3.05, 3.63) is 30.3 Å².